The first-order chi connectivity index (χ1) is 14.3. The number of likely N-dealkylation sites (tertiary alicyclic amines) is 1. The van der Waals surface area contributed by atoms with E-state index in [0.29, 0.717) is 11.7 Å². The van der Waals surface area contributed by atoms with Crippen molar-refractivity contribution in [1.82, 2.24) is 24.4 Å². The van der Waals surface area contributed by atoms with E-state index in [0.717, 1.165) is 56.1 Å². The zero-order chi connectivity index (χ0) is 19.6. The van der Waals surface area contributed by atoms with E-state index in [1.54, 1.807) is 12.5 Å². The third kappa shape index (κ3) is 3.85. The van der Waals surface area contributed by atoms with Crippen LogP contribution in [0.1, 0.15) is 31.0 Å². The minimum atomic E-state index is 0.447. The standard InChI is InChI=1S/C21H27N7O/c22-19-12-20(24-15-23-19)27-7-2-16(3-8-27)21-25-18(17-4-11-29-14-17)13-28(21)10-9-26-5-1-6-26/h4,11-16H,1-3,5-10H2,(H2,22,23,24). The second kappa shape index (κ2) is 7.87. The first-order valence-corrected chi connectivity index (χ1v) is 10.4. The summed E-state index contributed by atoms with van der Waals surface area (Å²) in [5.41, 5.74) is 7.87. The number of aromatic nitrogens is 4. The van der Waals surface area contributed by atoms with Gasteiger partial charge in [-0.3, -0.25) is 0 Å². The normalized spacial score (nSPS) is 18.1. The summed E-state index contributed by atoms with van der Waals surface area (Å²) in [6, 6.07) is 3.83. The number of nitrogens with two attached hydrogens (primary N) is 1. The molecule has 0 aromatic carbocycles. The lowest BCUT2D eigenvalue weighted by atomic mass is 9.96. The second-order valence-corrected chi connectivity index (χ2v) is 7.95. The number of furan rings is 1. The fourth-order valence-corrected chi connectivity index (χ4v) is 4.24. The maximum absolute atomic E-state index is 5.82. The molecule has 0 saturated carbocycles. The monoisotopic (exact) mass is 393 g/mol. The van der Waals surface area contributed by atoms with E-state index in [4.69, 9.17) is 15.1 Å². The van der Waals surface area contributed by atoms with Crippen LogP contribution < -0.4 is 10.6 Å². The molecule has 2 saturated heterocycles. The molecule has 3 aromatic heterocycles. The van der Waals surface area contributed by atoms with Gasteiger partial charge in [0.15, 0.2) is 0 Å². The summed E-state index contributed by atoms with van der Waals surface area (Å²) in [6.07, 6.45) is 10.6. The molecule has 0 spiro atoms. The van der Waals surface area contributed by atoms with Gasteiger partial charge in [-0.2, -0.15) is 0 Å². The molecule has 152 valence electrons. The van der Waals surface area contributed by atoms with Crippen LogP contribution >= 0.6 is 0 Å². The Morgan fingerprint density at radius 1 is 1.10 bits per heavy atom. The molecular weight excluding hydrogens is 366 g/mol. The molecule has 2 aliphatic rings. The number of piperidine rings is 1. The van der Waals surface area contributed by atoms with Gasteiger partial charge in [0.2, 0.25) is 0 Å². The van der Waals surface area contributed by atoms with Gasteiger partial charge in [0.05, 0.1) is 18.2 Å². The summed E-state index contributed by atoms with van der Waals surface area (Å²) in [7, 11) is 0. The number of nitrogen functional groups attached to an aromatic ring is 1. The van der Waals surface area contributed by atoms with Crippen LogP contribution in [0.25, 0.3) is 11.3 Å². The van der Waals surface area contributed by atoms with Crippen LogP contribution in [0.15, 0.2) is 41.6 Å². The van der Waals surface area contributed by atoms with Crippen molar-refractivity contribution in [3.8, 4) is 11.3 Å². The van der Waals surface area contributed by atoms with E-state index >= 15 is 0 Å². The quantitative estimate of drug-likeness (QED) is 0.688. The number of nitrogens with zero attached hydrogens (tertiary/aromatic N) is 6. The molecule has 0 atom stereocenters. The SMILES string of the molecule is Nc1cc(N2CCC(c3nc(-c4ccoc4)cn3CCN3CCC3)CC2)ncn1. The molecule has 2 fully saturated rings. The number of hydrogen-bond donors (Lipinski definition) is 1. The molecule has 0 bridgehead atoms. The molecule has 2 aliphatic heterocycles. The van der Waals surface area contributed by atoms with Crippen molar-refractivity contribution in [2.24, 2.45) is 0 Å². The van der Waals surface area contributed by atoms with Gasteiger partial charge in [0.25, 0.3) is 0 Å². The van der Waals surface area contributed by atoms with Gasteiger partial charge < -0.3 is 24.5 Å². The largest absolute Gasteiger partial charge is 0.472 e. The van der Waals surface area contributed by atoms with E-state index in [1.807, 2.05) is 12.1 Å². The summed E-state index contributed by atoms with van der Waals surface area (Å²) in [4.78, 5) is 18.2. The Kier molecular flexibility index (Phi) is 4.93. The molecule has 8 nitrogen and oxygen atoms in total. The molecular formula is C21H27N7O. The van der Waals surface area contributed by atoms with Crippen LogP contribution in [0.3, 0.4) is 0 Å². The summed E-state index contributed by atoms with van der Waals surface area (Å²) in [5.74, 6) is 3.07. The first-order valence-electron chi connectivity index (χ1n) is 10.4. The van der Waals surface area contributed by atoms with Crippen molar-refractivity contribution in [1.29, 1.82) is 0 Å². The van der Waals surface area contributed by atoms with Gasteiger partial charge in [-0.05, 0) is 38.4 Å². The van der Waals surface area contributed by atoms with Crippen molar-refractivity contribution in [2.75, 3.05) is 43.4 Å². The van der Waals surface area contributed by atoms with Crippen LogP contribution in [-0.2, 0) is 6.54 Å². The van der Waals surface area contributed by atoms with Gasteiger partial charge in [-0.25, -0.2) is 15.0 Å². The highest BCUT2D eigenvalue weighted by atomic mass is 16.3. The van der Waals surface area contributed by atoms with Crippen LogP contribution in [0, 0.1) is 0 Å². The Bertz CT molecular complexity index is 940. The Hall–Kier alpha value is -2.87. The summed E-state index contributed by atoms with van der Waals surface area (Å²) in [6.45, 7) is 6.41. The molecule has 0 unspecified atom stereocenters. The Labute approximate surface area is 170 Å². The lowest BCUT2D eigenvalue weighted by molar-refractivity contribution is 0.173. The van der Waals surface area contributed by atoms with Crippen molar-refractivity contribution < 1.29 is 4.42 Å². The average Bonchev–Trinajstić information content (AvgIpc) is 3.37. The van der Waals surface area contributed by atoms with E-state index in [1.165, 1.54) is 31.7 Å². The Balaban J connectivity index is 1.32. The molecule has 8 heteroatoms. The fraction of sp³-hybridized carbons (Fsp3) is 0.476. The van der Waals surface area contributed by atoms with Gasteiger partial charge >= 0.3 is 0 Å². The molecule has 29 heavy (non-hydrogen) atoms. The minimum Gasteiger partial charge on any atom is -0.472 e. The highest BCUT2D eigenvalue weighted by Crippen LogP contribution is 2.31. The summed E-state index contributed by atoms with van der Waals surface area (Å²) >= 11 is 0. The van der Waals surface area contributed by atoms with Crippen LogP contribution in [0.4, 0.5) is 11.6 Å². The van der Waals surface area contributed by atoms with Crippen molar-refractivity contribution in [3.63, 3.8) is 0 Å². The molecule has 3 aromatic rings. The third-order valence-electron chi connectivity index (χ3n) is 6.09. The van der Waals surface area contributed by atoms with E-state index in [-0.39, 0.29) is 0 Å². The second-order valence-electron chi connectivity index (χ2n) is 7.95. The third-order valence-corrected chi connectivity index (χ3v) is 6.09. The summed E-state index contributed by atoms with van der Waals surface area (Å²) < 4.78 is 7.64. The van der Waals surface area contributed by atoms with Crippen LogP contribution in [0.5, 0.6) is 0 Å². The van der Waals surface area contributed by atoms with E-state index < -0.39 is 0 Å². The van der Waals surface area contributed by atoms with Gasteiger partial charge in [-0.1, -0.05) is 0 Å². The zero-order valence-corrected chi connectivity index (χ0v) is 16.6. The van der Waals surface area contributed by atoms with Gasteiger partial charge in [-0.15, -0.1) is 0 Å². The topological polar surface area (TPSA) is 89.2 Å². The van der Waals surface area contributed by atoms with Gasteiger partial charge in [0, 0.05) is 49.9 Å². The smallest absolute Gasteiger partial charge is 0.134 e. The predicted molar refractivity (Wildman–Crippen MR) is 112 cm³/mol. The predicted octanol–water partition coefficient (Wildman–Crippen LogP) is 2.61. The number of anilines is 2. The summed E-state index contributed by atoms with van der Waals surface area (Å²) in [5, 5.41) is 0. The fourth-order valence-electron chi connectivity index (χ4n) is 4.24. The maximum atomic E-state index is 5.82. The first kappa shape index (κ1) is 18.2. The molecule has 0 aliphatic carbocycles. The molecule has 0 amide bonds. The highest BCUT2D eigenvalue weighted by molar-refractivity contribution is 5.57. The van der Waals surface area contributed by atoms with E-state index in [2.05, 4.69) is 30.5 Å². The van der Waals surface area contributed by atoms with E-state index in [9.17, 15) is 0 Å². The Morgan fingerprint density at radius 2 is 1.97 bits per heavy atom. The zero-order valence-electron chi connectivity index (χ0n) is 16.6. The number of imidazole rings is 1. The van der Waals surface area contributed by atoms with Crippen LogP contribution in [-0.4, -0.2) is 57.1 Å². The lowest BCUT2D eigenvalue weighted by Crippen LogP contribution is -2.39. The molecule has 5 rings (SSSR count). The lowest BCUT2D eigenvalue weighted by Gasteiger charge is -2.33. The van der Waals surface area contributed by atoms with Crippen molar-refractivity contribution in [2.45, 2.75) is 31.7 Å². The van der Waals surface area contributed by atoms with Gasteiger partial charge in [0.1, 0.15) is 23.8 Å². The number of rotatable bonds is 6. The molecule has 5 heterocycles. The van der Waals surface area contributed by atoms with Crippen LogP contribution in [0.2, 0.25) is 0 Å². The maximum Gasteiger partial charge on any atom is 0.134 e. The highest BCUT2D eigenvalue weighted by Gasteiger charge is 2.26. The minimum absolute atomic E-state index is 0.447. The Morgan fingerprint density at radius 3 is 2.66 bits per heavy atom. The average molecular weight is 393 g/mol. The molecule has 0 radical (unpaired) electrons. The van der Waals surface area contributed by atoms with Crippen molar-refractivity contribution >= 4 is 11.6 Å². The number of hydrogen-bond acceptors (Lipinski definition) is 7. The van der Waals surface area contributed by atoms with Crippen molar-refractivity contribution in [3.05, 3.63) is 43.0 Å². The molecule has 2 N–H and O–H groups in total.